The maximum absolute atomic E-state index is 13.4. The van der Waals surface area contributed by atoms with Gasteiger partial charge >= 0.3 is 0 Å². The molecule has 0 aliphatic heterocycles. The Bertz CT molecular complexity index is 366. The Morgan fingerprint density at radius 2 is 2.00 bits per heavy atom. The van der Waals surface area contributed by atoms with Gasteiger partial charge in [-0.05, 0) is 25.0 Å². The van der Waals surface area contributed by atoms with Crippen molar-refractivity contribution in [2.24, 2.45) is 0 Å². The average molecular weight is 260 g/mol. The lowest BCUT2D eigenvalue weighted by Gasteiger charge is -2.25. The lowest BCUT2D eigenvalue weighted by Crippen LogP contribution is -2.39. The van der Waals surface area contributed by atoms with Crippen LogP contribution in [0.25, 0.3) is 0 Å². The summed E-state index contributed by atoms with van der Waals surface area (Å²) in [4.78, 5) is 0. The minimum absolute atomic E-state index is 0.318. The monoisotopic (exact) mass is 259 g/mol. The van der Waals surface area contributed by atoms with Crippen LogP contribution in [0.5, 0.6) is 0 Å². The van der Waals surface area contributed by atoms with Crippen LogP contribution in [0.4, 0.5) is 4.39 Å². The van der Waals surface area contributed by atoms with Crippen molar-refractivity contribution in [1.29, 1.82) is 0 Å². The Balaban J connectivity index is 2.51. The van der Waals surface area contributed by atoms with E-state index in [1.165, 1.54) is 6.07 Å². The van der Waals surface area contributed by atoms with Crippen LogP contribution in [0.15, 0.2) is 18.2 Å². The van der Waals surface area contributed by atoms with Gasteiger partial charge in [-0.1, -0.05) is 31.5 Å². The third-order valence-electron chi connectivity index (χ3n) is 3.10. The maximum atomic E-state index is 13.4. The van der Waals surface area contributed by atoms with Gasteiger partial charge in [0.2, 0.25) is 0 Å². The smallest absolute Gasteiger partial charge is 0.129 e. The summed E-state index contributed by atoms with van der Waals surface area (Å²) in [5.41, 5.74) is -0.146. The standard InChI is InChI=1S/C13H19ClFNO/c1-3-13(17,4-2)9-16-8-10-5-6-11(14)7-12(10)15/h5-7,16-17H,3-4,8-9H2,1-2H3. The molecule has 0 aliphatic carbocycles. The fourth-order valence-corrected chi connectivity index (χ4v) is 1.75. The molecule has 0 radical (unpaired) electrons. The van der Waals surface area contributed by atoms with Crippen molar-refractivity contribution in [3.05, 3.63) is 34.6 Å². The number of aliphatic hydroxyl groups is 1. The number of hydrogen-bond donors (Lipinski definition) is 2. The molecule has 0 heterocycles. The maximum Gasteiger partial charge on any atom is 0.129 e. The highest BCUT2D eigenvalue weighted by Gasteiger charge is 2.21. The first-order chi connectivity index (χ1) is 8.00. The Kier molecular flexibility index (Phi) is 5.37. The zero-order valence-corrected chi connectivity index (χ0v) is 11.0. The fraction of sp³-hybridized carbons (Fsp3) is 0.538. The van der Waals surface area contributed by atoms with Crippen molar-refractivity contribution < 1.29 is 9.50 Å². The van der Waals surface area contributed by atoms with Gasteiger partial charge in [0.15, 0.2) is 0 Å². The molecule has 17 heavy (non-hydrogen) atoms. The predicted octanol–water partition coefficient (Wildman–Crippen LogP) is 3.12. The van der Waals surface area contributed by atoms with Gasteiger partial charge in [0.25, 0.3) is 0 Å². The molecule has 0 unspecified atom stereocenters. The van der Waals surface area contributed by atoms with Crippen LogP contribution in [0, 0.1) is 5.82 Å². The first-order valence-electron chi connectivity index (χ1n) is 5.88. The van der Waals surface area contributed by atoms with Crippen LogP contribution in [0.1, 0.15) is 32.3 Å². The zero-order valence-electron chi connectivity index (χ0n) is 10.3. The van der Waals surface area contributed by atoms with E-state index in [4.69, 9.17) is 11.6 Å². The summed E-state index contributed by atoms with van der Waals surface area (Å²) in [6.45, 7) is 4.73. The Morgan fingerprint density at radius 3 is 2.53 bits per heavy atom. The van der Waals surface area contributed by atoms with E-state index in [9.17, 15) is 9.50 Å². The van der Waals surface area contributed by atoms with Gasteiger partial charge in [-0.15, -0.1) is 0 Å². The number of benzene rings is 1. The van der Waals surface area contributed by atoms with Gasteiger partial charge in [0.05, 0.1) is 5.60 Å². The van der Waals surface area contributed by atoms with E-state index in [0.717, 1.165) is 0 Å². The molecule has 0 fully saturated rings. The van der Waals surface area contributed by atoms with Gasteiger partial charge in [-0.25, -0.2) is 4.39 Å². The zero-order chi connectivity index (χ0) is 12.9. The molecular formula is C13H19ClFNO. The van der Waals surface area contributed by atoms with E-state index in [-0.39, 0.29) is 5.82 Å². The molecule has 0 saturated heterocycles. The Morgan fingerprint density at radius 1 is 1.35 bits per heavy atom. The topological polar surface area (TPSA) is 32.3 Å². The second-order valence-electron chi connectivity index (χ2n) is 4.27. The van der Waals surface area contributed by atoms with Crippen LogP contribution < -0.4 is 5.32 Å². The molecule has 4 heteroatoms. The van der Waals surface area contributed by atoms with Crippen LogP contribution in [0.3, 0.4) is 0 Å². The van der Waals surface area contributed by atoms with Gasteiger partial charge in [-0.3, -0.25) is 0 Å². The highest BCUT2D eigenvalue weighted by Crippen LogP contribution is 2.16. The largest absolute Gasteiger partial charge is 0.389 e. The first kappa shape index (κ1) is 14.4. The summed E-state index contributed by atoms with van der Waals surface area (Å²) in [5.74, 6) is -0.318. The van der Waals surface area contributed by atoms with Gasteiger partial charge in [-0.2, -0.15) is 0 Å². The van der Waals surface area contributed by atoms with Crippen LogP contribution in [-0.2, 0) is 6.54 Å². The molecule has 0 amide bonds. The SMILES string of the molecule is CCC(O)(CC)CNCc1ccc(Cl)cc1F. The van der Waals surface area contributed by atoms with E-state index in [2.05, 4.69) is 5.32 Å². The summed E-state index contributed by atoms with van der Waals surface area (Å²) in [5, 5.41) is 13.5. The molecule has 2 nitrogen and oxygen atoms in total. The molecule has 0 spiro atoms. The average Bonchev–Trinajstić information content (AvgIpc) is 2.32. The minimum Gasteiger partial charge on any atom is -0.389 e. The van der Waals surface area contributed by atoms with Gasteiger partial charge < -0.3 is 10.4 Å². The normalized spacial score (nSPS) is 11.8. The lowest BCUT2D eigenvalue weighted by atomic mass is 9.97. The summed E-state index contributed by atoms with van der Waals surface area (Å²) < 4.78 is 13.4. The van der Waals surface area contributed by atoms with Crippen LogP contribution in [0.2, 0.25) is 5.02 Å². The van der Waals surface area contributed by atoms with Crippen molar-refractivity contribution in [2.45, 2.75) is 38.8 Å². The number of hydrogen-bond acceptors (Lipinski definition) is 2. The lowest BCUT2D eigenvalue weighted by molar-refractivity contribution is 0.0322. The molecule has 0 saturated carbocycles. The molecule has 1 aromatic carbocycles. The predicted molar refractivity (Wildman–Crippen MR) is 68.6 cm³/mol. The second-order valence-corrected chi connectivity index (χ2v) is 4.71. The number of rotatable bonds is 6. The van der Waals surface area contributed by atoms with E-state index >= 15 is 0 Å². The van der Waals surface area contributed by atoms with Crippen molar-refractivity contribution >= 4 is 11.6 Å². The second kappa shape index (κ2) is 6.34. The Labute approximate surface area is 107 Å². The van der Waals surface area contributed by atoms with E-state index < -0.39 is 5.60 Å². The van der Waals surface area contributed by atoms with Crippen molar-refractivity contribution in [2.75, 3.05) is 6.54 Å². The summed E-state index contributed by atoms with van der Waals surface area (Å²) in [6.07, 6.45) is 1.36. The Hall–Kier alpha value is -0.640. The molecule has 0 bridgehead atoms. The molecule has 96 valence electrons. The molecule has 0 atom stereocenters. The van der Waals surface area contributed by atoms with Crippen LogP contribution in [-0.4, -0.2) is 17.3 Å². The quantitative estimate of drug-likeness (QED) is 0.823. The third-order valence-corrected chi connectivity index (χ3v) is 3.34. The number of nitrogens with one attached hydrogen (secondary N) is 1. The van der Waals surface area contributed by atoms with E-state index in [0.29, 0.717) is 36.5 Å². The van der Waals surface area contributed by atoms with E-state index in [1.54, 1.807) is 12.1 Å². The molecule has 1 aromatic rings. The van der Waals surface area contributed by atoms with Crippen molar-refractivity contribution in [3.63, 3.8) is 0 Å². The third kappa shape index (κ3) is 4.26. The highest BCUT2D eigenvalue weighted by atomic mass is 35.5. The van der Waals surface area contributed by atoms with Gasteiger partial charge in [0.1, 0.15) is 5.82 Å². The molecular weight excluding hydrogens is 241 g/mol. The number of halogens is 2. The molecule has 0 aromatic heterocycles. The highest BCUT2D eigenvalue weighted by molar-refractivity contribution is 6.30. The molecule has 0 aliphatic rings. The molecule has 2 N–H and O–H groups in total. The summed E-state index contributed by atoms with van der Waals surface area (Å²) >= 11 is 5.67. The van der Waals surface area contributed by atoms with Crippen LogP contribution >= 0.6 is 11.6 Å². The molecule has 1 rings (SSSR count). The minimum atomic E-state index is -0.705. The van der Waals surface area contributed by atoms with Crippen molar-refractivity contribution in [1.82, 2.24) is 5.32 Å². The van der Waals surface area contributed by atoms with E-state index in [1.807, 2.05) is 13.8 Å². The fourth-order valence-electron chi connectivity index (χ4n) is 1.59. The van der Waals surface area contributed by atoms with Crippen molar-refractivity contribution in [3.8, 4) is 0 Å². The van der Waals surface area contributed by atoms with Gasteiger partial charge in [0, 0.05) is 23.7 Å². The summed E-state index contributed by atoms with van der Waals surface area (Å²) in [7, 11) is 0. The summed E-state index contributed by atoms with van der Waals surface area (Å²) in [6, 6.07) is 4.61. The first-order valence-corrected chi connectivity index (χ1v) is 6.25.